The summed E-state index contributed by atoms with van der Waals surface area (Å²) >= 11 is 0. The second-order valence-corrected chi connectivity index (χ2v) is 7.67. The number of fused-ring (bicyclic) bond motifs is 2. The van der Waals surface area contributed by atoms with Gasteiger partial charge >= 0.3 is 0 Å². The molecule has 0 aliphatic heterocycles. The average Bonchev–Trinajstić information content (AvgIpc) is 3.21. The van der Waals surface area contributed by atoms with E-state index < -0.39 is 11.7 Å². The van der Waals surface area contributed by atoms with Crippen LogP contribution in [0.3, 0.4) is 0 Å². The van der Waals surface area contributed by atoms with Gasteiger partial charge < -0.3 is 5.32 Å². The Morgan fingerprint density at radius 1 is 1.03 bits per heavy atom. The summed E-state index contributed by atoms with van der Waals surface area (Å²) in [6, 6.07) is 17.3. The van der Waals surface area contributed by atoms with Gasteiger partial charge in [0.05, 0.1) is 22.8 Å². The van der Waals surface area contributed by atoms with Gasteiger partial charge in [-0.15, -0.1) is 0 Å². The van der Waals surface area contributed by atoms with E-state index in [1.807, 2.05) is 37.3 Å². The van der Waals surface area contributed by atoms with E-state index in [9.17, 15) is 14.4 Å². The first-order valence-corrected chi connectivity index (χ1v) is 10.2. The molecule has 0 atom stereocenters. The lowest BCUT2D eigenvalue weighted by Crippen LogP contribution is -2.17. The number of nitrogens with one attached hydrogen (secondary N) is 1. The molecule has 0 fully saturated rings. The Hall–Kier alpha value is -4.64. The first-order chi connectivity index (χ1) is 15.9. The lowest BCUT2D eigenvalue weighted by atomic mass is 10.1. The zero-order valence-corrected chi connectivity index (χ0v) is 17.8. The maximum atomic E-state index is 13.9. The van der Waals surface area contributed by atoms with Crippen molar-refractivity contribution in [2.45, 2.75) is 13.8 Å². The zero-order chi connectivity index (χ0) is 23.1. The molecule has 3 heterocycles. The van der Waals surface area contributed by atoms with Crippen LogP contribution in [0, 0.1) is 31.0 Å². The highest BCUT2D eigenvalue weighted by Crippen LogP contribution is 2.25. The van der Waals surface area contributed by atoms with E-state index in [0.29, 0.717) is 22.4 Å². The van der Waals surface area contributed by atoms with Crippen molar-refractivity contribution in [2.75, 3.05) is 5.32 Å². The highest BCUT2D eigenvalue weighted by Gasteiger charge is 2.20. The van der Waals surface area contributed by atoms with Crippen LogP contribution in [-0.2, 0) is 0 Å². The molecule has 0 aliphatic carbocycles. The molecule has 0 saturated carbocycles. The standard InChI is InChI=1S/C25H17FN6O/c1-14-9-23(30-21-6-4-3-5-18(14)21)32-24(16(12-27)13-28-32)31-25(33)20-10-15(2)29-22-8-7-17(26)11-19(20)22/h3-11,13H,1-2H3,(H,31,33). The van der Waals surface area contributed by atoms with E-state index in [2.05, 4.69) is 26.5 Å². The second-order valence-electron chi connectivity index (χ2n) is 7.67. The number of rotatable bonds is 3. The number of aromatic nitrogens is 4. The first-order valence-electron chi connectivity index (χ1n) is 10.2. The topological polar surface area (TPSA) is 96.5 Å². The number of nitrogens with zero attached hydrogens (tertiary/aromatic N) is 5. The van der Waals surface area contributed by atoms with Crippen LogP contribution < -0.4 is 5.32 Å². The van der Waals surface area contributed by atoms with Crippen LogP contribution in [0.1, 0.15) is 27.2 Å². The normalized spacial score (nSPS) is 11.0. The molecular weight excluding hydrogens is 419 g/mol. The molecule has 160 valence electrons. The fourth-order valence-corrected chi connectivity index (χ4v) is 3.86. The highest BCUT2D eigenvalue weighted by atomic mass is 19.1. The summed E-state index contributed by atoms with van der Waals surface area (Å²) in [6.07, 6.45) is 1.37. The summed E-state index contributed by atoms with van der Waals surface area (Å²) in [6.45, 7) is 3.72. The molecule has 1 N–H and O–H groups in total. The van der Waals surface area contributed by atoms with E-state index in [1.165, 1.54) is 29.1 Å². The highest BCUT2D eigenvalue weighted by molar-refractivity contribution is 6.12. The number of anilines is 1. The predicted octanol–water partition coefficient (Wildman–Crippen LogP) is 4.85. The van der Waals surface area contributed by atoms with Gasteiger partial charge in [-0.3, -0.25) is 9.78 Å². The van der Waals surface area contributed by atoms with Crippen molar-refractivity contribution in [3.63, 3.8) is 0 Å². The number of hydrogen-bond donors (Lipinski definition) is 1. The fourth-order valence-electron chi connectivity index (χ4n) is 3.86. The van der Waals surface area contributed by atoms with Crippen LogP contribution in [0.2, 0.25) is 0 Å². The molecule has 3 aromatic heterocycles. The quantitative estimate of drug-likeness (QED) is 0.436. The summed E-state index contributed by atoms with van der Waals surface area (Å²) in [5.74, 6) is -0.332. The van der Waals surface area contributed by atoms with Gasteiger partial charge in [0, 0.05) is 16.5 Å². The van der Waals surface area contributed by atoms with E-state index in [0.717, 1.165) is 16.5 Å². The molecular formula is C25H17FN6O. The third kappa shape index (κ3) is 3.55. The van der Waals surface area contributed by atoms with Gasteiger partial charge in [-0.25, -0.2) is 9.37 Å². The van der Waals surface area contributed by atoms with Crippen molar-refractivity contribution in [3.05, 3.63) is 89.0 Å². The van der Waals surface area contributed by atoms with E-state index in [-0.39, 0.29) is 16.9 Å². The predicted molar refractivity (Wildman–Crippen MR) is 123 cm³/mol. The van der Waals surface area contributed by atoms with Crippen LogP contribution in [0.15, 0.2) is 60.8 Å². The number of carbonyl (C=O) groups excluding carboxylic acids is 1. The van der Waals surface area contributed by atoms with Crippen LogP contribution in [0.25, 0.3) is 27.6 Å². The van der Waals surface area contributed by atoms with Crippen molar-refractivity contribution < 1.29 is 9.18 Å². The van der Waals surface area contributed by atoms with Gasteiger partial charge in [0.1, 0.15) is 17.4 Å². The van der Waals surface area contributed by atoms with Crippen molar-refractivity contribution >= 4 is 33.5 Å². The smallest absolute Gasteiger partial charge is 0.257 e. The minimum atomic E-state index is -0.508. The summed E-state index contributed by atoms with van der Waals surface area (Å²) in [5, 5.41) is 18.1. The molecule has 0 bridgehead atoms. The summed E-state index contributed by atoms with van der Waals surface area (Å²) in [4.78, 5) is 22.3. The number of nitriles is 1. The Kier molecular flexibility index (Phi) is 4.79. The van der Waals surface area contributed by atoms with E-state index in [1.54, 1.807) is 13.0 Å². The van der Waals surface area contributed by atoms with Crippen molar-refractivity contribution in [2.24, 2.45) is 0 Å². The Morgan fingerprint density at radius 3 is 2.64 bits per heavy atom. The van der Waals surface area contributed by atoms with Crippen LogP contribution in [0.5, 0.6) is 0 Å². The minimum Gasteiger partial charge on any atom is -0.305 e. The maximum absolute atomic E-state index is 13.9. The Balaban J connectivity index is 1.62. The second kappa shape index (κ2) is 7.80. The zero-order valence-electron chi connectivity index (χ0n) is 17.8. The molecule has 33 heavy (non-hydrogen) atoms. The number of amides is 1. The molecule has 5 rings (SSSR count). The van der Waals surface area contributed by atoms with Crippen molar-refractivity contribution in [3.8, 4) is 11.9 Å². The summed E-state index contributed by atoms with van der Waals surface area (Å²) in [7, 11) is 0. The number of benzene rings is 2. The van der Waals surface area contributed by atoms with Gasteiger partial charge in [0.2, 0.25) is 0 Å². The molecule has 0 aliphatic rings. The van der Waals surface area contributed by atoms with Crippen molar-refractivity contribution in [1.29, 1.82) is 5.26 Å². The Labute approximate surface area is 188 Å². The molecule has 5 aromatic rings. The van der Waals surface area contributed by atoms with E-state index >= 15 is 0 Å². The summed E-state index contributed by atoms with van der Waals surface area (Å²) < 4.78 is 15.3. The lowest BCUT2D eigenvalue weighted by Gasteiger charge is -2.12. The van der Waals surface area contributed by atoms with Crippen LogP contribution in [-0.4, -0.2) is 25.7 Å². The number of aryl methyl sites for hydroxylation is 2. The number of pyridine rings is 2. The van der Waals surface area contributed by atoms with Crippen LogP contribution in [0.4, 0.5) is 10.2 Å². The largest absolute Gasteiger partial charge is 0.305 e. The lowest BCUT2D eigenvalue weighted by molar-refractivity contribution is 0.102. The molecule has 2 aromatic carbocycles. The third-order valence-corrected chi connectivity index (χ3v) is 5.39. The number of carbonyl (C=O) groups is 1. The molecule has 0 saturated heterocycles. The molecule has 0 unspecified atom stereocenters. The van der Waals surface area contributed by atoms with Gasteiger partial charge in [0.25, 0.3) is 5.91 Å². The molecule has 0 radical (unpaired) electrons. The molecule has 7 nitrogen and oxygen atoms in total. The van der Waals surface area contributed by atoms with Gasteiger partial charge in [-0.05, 0) is 55.8 Å². The van der Waals surface area contributed by atoms with Gasteiger partial charge in [-0.1, -0.05) is 18.2 Å². The van der Waals surface area contributed by atoms with Gasteiger partial charge in [0.15, 0.2) is 11.6 Å². The first kappa shape index (κ1) is 20.3. The Bertz CT molecular complexity index is 1620. The van der Waals surface area contributed by atoms with Gasteiger partial charge in [-0.2, -0.15) is 15.0 Å². The third-order valence-electron chi connectivity index (χ3n) is 5.39. The SMILES string of the molecule is Cc1cc(C(=O)Nc2c(C#N)cnn2-c2cc(C)c3ccccc3n2)c2cc(F)ccc2n1. The van der Waals surface area contributed by atoms with Crippen molar-refractivity contribution in [1.82, 2.24) is 19.7 Å². The number of para-hydroxylation sites is 1. The monoisotopic (exact) mass is 436 g/mol. The number of hydrogen-bond acceptors (Lipinski definition) is 5. The minimum absolute atomic E-state index is 0.178. The summed E-state index contributed by atoms with van der Waals surface area (Å²) in [5.41, 5.74) is 3.29. The molecule has 1 amide bonds. The fraction of sp³-hybridized carbons (Fsp3) is 0.0800. The van der Waals surface area contributed by atoms with Crippen LogP contribution >= 0.6 is 0 Å². The molecule has 0 spiro atoms. The maximum Gasteiger partial charge on any atom is 0.257 e. The molecule has 8 heteroatoms. The Morgan fingerprint density at radius 2 is 1.82 bits per heavy atom. The van der Waals surface area contributed by atoms with E-state index in [4.69, 9.17) is 0 Å². The average molecular weight is 436 g/mol. The number of halogens is 1.